The molecule has 2 saturated heterocycles. The maximum Gasteiger partial charge on any atom is 0.418 e. The second-order valence-corrected chi connectivity index (χ2v) is 5.82. The molecule has 2 aliphatic rings. The maximum atomic E-state index is 13.2. The van der Waals surface area contributed by atoms with Crippen molar-refractivity contribution in [2.24, 2.45) is 5.41 Å². The smallest absolute Gasteiger partial charge is 0.381 e. The van der Waals surface area contributed by atoms with Crippen molar-refractivity contribution in [2.75, 3.05) is 31.2 Å². The van der Waals surface area contributed by atoms with E-state index in [0.29, 0.717) is 26.3 Å². The van der Waals surface area contributed by atoms with Gasteiger partial charge in [-0.2, -0.15) is 18.4 Å². The summed E-state index contributed by atoms with van der Waals surface area (Å²) in [5, 5.41) is 8.93. The van der Waals surface area contributed by atoms with E-state index in [0.717, 1.165) is 18.9 Å². The number of nitriles is 1. The maximum absolute atomic E-state index is 13.2. The fraction of sp³-hybridized carbons (Fsp3) is 0.533. The molecule has 0 unspecified atom stereocenters. The Labute approximate surface area is 120 Å². The number of benzene rings is 1. The predicted octanol–water partition coefficient (Wildman–Crippen LogP) is 3.19. The summed E-state index contributed by atoms with van der Waals surface area (Å²) in [6, 6.07) is 5.48. The van der Waals surface area contributed by atoms with Crippen molar-refractivity contribution >= 4 is 5.69 Å². The Hall–Kier alpha value is -1.74. The topological polar surface area (TPSA) is 36.3 Å². The molecule has 0 bridgehead atoms. The lowest BCUT2D eigenvalue weighted by Crippen LogP contribution is -2.29. The zero-order chi connectivity index (χ0) is 15.1. The minimum absolute atomic E-state index is 0.0223. The van der Waals surface area contributed by atoms with Crippen LogP contribution in [0.5, 0.6) is 0 Å². The Morgan fingerprint density at radius 3 is 2.71 bits per heavy atom. The first-order chi connectivity index (χ1) is 9.93. The highest BCUT2D eigenvalue weighted by Gasteiger charge is 2.43. The summed E-state index contributed by atoms with van der Waals surface area (Å²) < 4.78 is 44.9. The van der Waals surface area contributed by atoms with Crippen LogP contribution in [0.25, 0.3) is 0 Å². The van der Waals surface area contributed by atoms with Crippen molar-refractivity contribution in [3.8, 4) is 6.07 Å². The van der Waals surface area contributed by atoms with E-state index in [1.54, 1.807) is 4.90 Å². The van der Waals surface area contributed by atoms with Crippen LogP contribution in [-0.4, -0.2) is 26.3 Å². The van der Waals surface area contributed by atoms with Crippen LogP contribution in [0.2, 0.25) is 0 Å². The quantitative estimate of drug-likeness (QED) is 0.798. The van der Waals surface area contributed by atoms with E-state index in [2.05, 4.69) is 0 Å². The summed E-state index contributed by atoms with van der Waals surface area (Å²) in [6.07, 6.45) is -2.69. The van der Waals surface area contributed by atoms with Crippen LogP contribution in [0.3, 0.4) is 0 Å². The molecule has 1 aromatic carbocycles. The molecule has 0 saturated carbocycles. The van der Waals surface area contributed by atoms with Gasteiger partial charge in [-0.15, -0.1) is 0 Å². The van der Waals surface area contributed by atoms with Crippen LogP contribution in [0, 0.1) is 16.7 Å². The van der Waals surface area contributed by atoms with Crippen LogP contribution in [-0.2, 0) is 10.9 Å². The molecule has 0 radical (unpaired) electrons. The molecule has 0 aliphatic carbocycles. The first kappa shape index (κ1) is 14.2. The van der Waals surface area contributed by atoms with Crippen LogP contribution >= 0.6 is 0 Å². The van der Waals surface area contributed by atoms with Gasteiger partial charge in [0, 0.05) is 25.1 Å². The van der Waals surface area contributed by atoms with Crippen LogP contribution in [0.4, 0.5) is 18.9 Å². The molecule has 0 N–H and O–H groups in total. The Bertz CT molecular complexity index is 586. The summed E-state index contributed by atoms with van der Waals surface area (Å²) in [6.45, 7) is 2.42. The number of anilines is 1. The molecule has 1 spiro atoms. The second kappa shape index (κ2) is 4.92. The monoisotopic (exact) mass is 296 g/mol. The van der Waals surface area contributed by atoms with Gasteiger partial charge in [0.15, 0.2) is 0 Å². The van der Waals surface area contributed by atoms with Crippen molar-refractivity contribution in [3.63, 3.8) is 0 Å². The van der Waals surface area contributed by atoms with Gasteiger partial charge in [-0.3, -0.25) is 0 Å². The van der Waals surface area contributed by atoms with E-state index < -0.39 is 11.7 Å². The van der Waals surface area contributed by atoms with Crippen molar-refractivity contribution < 1.29 is 17.9 Å². The molecule has 21 heavy (non-hydrogen) atoms. The van der Waals surface area contributed by atoms with E-state index >= 15 is 0 Å². The van der Waals surface area contributed by atoms with Crippen molar-refractivity contribution in [3.05, 3.63) is 29.3 Å². The normalized spacial score (nSPS) is 25.5. The van der Waals surface area contributed by atoms with Gasteiger partial charge in [0.1, 0.15) is 0 Å². The van der Waals surface area contributed by atoms with Crippen molar-refractivity contribution in [2.45, 2.75) is 19.0 Å². The Balaban J connectivity index is 1.96. The molecule has 2 fully saturated rings. The Morgan fingerprint density at radius 1 is 1.29 bits per heavy atom. The molecule has 2 aliphatic heterocycles. The Kier molecular flexibility index (Phi) is 3.33. The van der Waals surface area contributed by atoms with Gasteiger partial charge >= 0.3 is 6.18 Å². The molecule has 2 heterocycles. The second-order valence-electron chi connectivity index (χ2n) is 5.82. The number of alkyl halides is 3. The lowest BCUT2D eigenvalue weighted by Gasteiger charge is -2.26. The van der Waals surface area contributed by atoms with E-state index in [1.165, 1.54) is 12.1 Å². The van der Waals surface area contributed by atoms with Crippen LogP contribution in [0.15, 0.2) is 18.2 Å². The third kappa shape index (κ3) is 2.58. The van der Waals surface area contributed by atoms with Gasteiger partial charge in [0.2, 0.25) is 0 Å². The highest BCUT2D eigenvalue weighted by atomic mass is 19.4. The first-order valence-corrected chi connectivity index (χ1v) is 6.88. The highest BCUT2D eigenvalue weighted by Crippen LogP contribution is 2.44. The number of nitrogens with zero attached hydrogens (tertiary/aromatic N) is 2. The predicted molar refractivity (Wildman–Crippen MR) is 70.9 cm³/mol. The van der Waals surface area contributed by atoms with Gasteiger partial charge < -0.3 is 9.64 Å². The zero-order valence-corrected chi connectivity index (χ0v) is 11.4. The number of hydrogen-bond donors (Lipinski definition) is 0. The van der Waals surface area contributed by atoms with Crippen LogP contribution in [0.1, 0.15) is 24.0 Å². The summed E-state index contributed by atoms with van der Waals surface area (Å²) in [4.78, 5) is 1.75. The molecule has 112 valence electrons. The van der Waals surface area contributed by atoms with E-state index in [1.807, 2.05) is 6.07 Å². The molecular formula is C15H15F3N2O. The zero-order valence-electron chi connectivity index (χ0n) is 11.4. The highest BCUT2D eigenvalue weighted by molar-refractivity contribution is 5.59. The number of halogens is 3. The van der Waals surface area contributed by atoms with Gasteiger partial charge in [-0.25, -0.2) is 0 Å². The van der Waals surface area contributed by atoms with Gasteiger partial charge in [0.25, 0.3) is 0 Å². The summed E-state index contributed by atoms with van der Waals surface area (Å²) in [5.41, 5.74) is -0.324. The fourth-order valence-electron chi connectivity index (χ4n) is 3.21. The van der Waals surface area contributed by atoms with Gasteiger partial charge in [0.05, 0.1) is 29.5 Å². The molecular weight excluding hydrogens is 281 g/mol. The minimum atomic E-state index is -4.41. The average molecular weight is 296 g/mol. The van der Waals surface area contributed by atoms with E-state index in [-0.39, 0.29) is 16.7 Å². The van der Waals surface area contributed by atoms with Gasteiger partial charge in [-0.05, 0) is 31.0 Å². The third-order valence-corrected chi connectivity index (χ3v) is 4.40. The molecule has 0 aromatic heterocycles. The summed E-state index contributed by atoms with van der Waals surface area (Å²) >= 11 is 0. The van der Waals surface area contributed by atoms with E-state index in [9.17, 15) is 13.2 Å². The molecule has 6 heteroatoms. The Morgan fingerprint density at radius 2 is 2.10 bits per heavy atom. The summed E-state index contributed by atoms with van der Waals surface area (Å²) in [5.74, 6) is 0. The molecule has 3 rings (SSSR count). The lowest BCUT2D eigenvalue weighted by molar-refractivity contribution is -0.137. The van der Waals surface area contributed by atoms with E-state index in [4.69, 9.17) is 10.00 Å². The van der Waals surface area contributed by atoms with Crippen LogP contribution < -0.4 is 4.90 Å². The number of rotatable bonds is 1. The third-order valence-electron chi connectivity index (χ3n) is 4.40. The van der Waals surface area contributed by atoms with Gasteiger partial charge in [-0.1, -0.05) is 0 Å². The minimum Gasteiger partial charge on any atom is -0.381 e. The average Bonchev–Trinajstić information content (AvgIpc) is 3.08. The first-order valence-electron chi connectivity index (χ1n) is 6.88. The largest absolute Gasteiger partial charge is 0.418 e. The molecule has 3 nitrogen and oxygen atoms in total. The SMILES string of the molecule is N#Cc1ccc(C(F)(F)F)c(N2CC[C@@]3(CCOC3)C2)c1. The molecule has 1 atom stereocenters. The van der Waals surface area contributed by atoms with Crippen molar-refractivity contribution in [1.82, 2.24) is 0 Å². The number of hydrogen-bond acceptors (Lipinski definition) is 3. The fourth-order valence-corrected chi connectivity index (χ4v) is 3.21. The standard InChI is InChI=1S/C15H15F3N2O/c16-15(17,18)12-2-1-11(8-19)7-13(12)20-5-3-14(9-20)4-6-21-10-14/h1-2,7H,3-6,9-10H2/t14-/m1/s1. The molecule has 1 aromatic rings. The van der Waals surface area contributed by atoms with Crippen molar-refractivity contribution in [1.29, 1.82) is 5.26 Å². The summed E-state index contributed by atoms with van der Waals surface area (Å²) in [7, 11) is 0. The number of ether oxygens (including phenoxy) is 1. The molecule has 0 amide bonds. The lowest BCUT2D eigenvalue weighted by atomic mass is 9.87.